The second-order valence-corrected chi connectivity index (χ2v) is 5.56. The molecule has 0 aliphatic rings. The molecule has 0 bridgehead atoms. The summed E-state index contributed by atoms with van der Waals surface area (Å²) in [5, 5.41) is 3.17. The van der Waals surface area contributed by atoms with Crippen LogP contribution in [0.2, 0.25) is 0 Å². The van der Waals surface area contributed by atoms with Crippen LogP contribution in [0.4, 0.5) is 13.2 Å². The van der Waals surface area contributed by atoms with Crippen LogP contribution in [-0.2, 0) is 0 Å². The zero-order valence-corrected chi connectivity index (χ0v) is 13.1. The van der Waals surface area contributed by atoms with Crippen LogP contribution in [0.15, 0.2) is 40.9 Å². The van der Waals surface area contributed by atoms with Crippen LogP contribution < -0.4 is 5.32 Å². The standard InChI is InChI=1S/C16H15BrF3N/c1-2-8-21-16(10-6-7-13(18)12(17)9-10)11-4-3-5-14(19)15(11)20/h3-7,9,16,21H,2,8H2,1H3. The molecule has 1 nitrogen and oxygen atoms in total. The van der Waals surface area contributed by atoms with Crippen LogP contribution >= 0.6 is 15.9 Å². The van der Waals surface area contributed by atoms with E-state index >= 15 is 0 Å². The first-order valence-electron chi connectivity index (χ1n) is 6.66. The molecule has 0 spiro atoms. The van der Waals surface area contributed by atoms with Gasteiger partial charge in [-0.1, -0.05) is 25.1 Å². The molecule has 2 aromatic carbocycles. The van der Waals surface area contributed by atoms with Gasteiger partial charge in [-0.05, 0) is 52.7 Å². The first kappa shape index (κ1) is 16.0. The molecule has 1 unspecified atom stereocenters. The van der Waals surface area contributed by atoms with E-state index in [4.69, 9.17) is 0 Å². The molecule has 112 valence electrons. The number of benzene rings is 2. The van der Waals surface area contributed by atoms with Gasteiger partial charge in [0, 0.05) is 5.56 Å². The largest absolute Gasteiger partial charge is 0.306 e. The van der Waals surface area contributed by atoms with Gasteiger partial charge >= 0.3 is 0 Å². The van der Waals surface area contributed by atoms with Crippen molar-refractivity contribution in [1.29, 1.82) is 0 Å². The summed E-state index contributed by atoms with van der Waals surface area (Å²) < 4.78 is 41.1. The number of hydrogen-bond donors (Lipinski definition) is 1. The Balaban J connectivity index is 2.47. The topological polar surface area (TPSA) is 12.0 Å². The fourth-order valence-corrected chi connectivity index (χ4v) is 2.53. The molecule has 5 heteroatoms. The molecule has 0 aliphatic carbocycles. The molecule has 0 aliphatic heterocycles. The summed E-state index contributed by atoms with van der Waals surface area (Å²) in [4.78, 5) is 0. The first-order valence-corrected chi connectivity index (χ1v) is 7.46. The molecule has 0 heterocycles. The monoisotopic (exact) mass is 357 g/mol. The van der Waals surface area contributed by atoms with Gasteiger partial charge in [-0.25, -0.2) is 13.2 Å². The molecule has 1 N–H and O–H groups in total. The third-order valence-electron chi connectivity index (χ3n) is 3.17. The van der Waals surface area contributed by atoms with Gasteiger partial charge in [0.05, 0.1) is 10.5 Å². The molecular weight excluding hydrogens is 343 g/mol. The van der Waals surface area contributed by atoms with Crippen LogP contribution in [0.5, 0.6) is 0 Å². The summed E-state index contributed by atoms with van der Waals surface area (Å²) in [5.74, 6) is -2.17. The van der Waals surface area contributed by atoms with E-state index in [-0.39, 0.29) is 5.56 Å². The van der Waals surface area contributed by atoms with Crippen molar-refractivity contribution >= 4 is 15.9 Å². The van der Waals surface area contributed by atoms with Crippen molar-refractivity contribution in [1.82, 2.24) is 5.32 Å². The summed E-state index contributed by atoms with van der Waals surface area (Å²) in [7, 11) is 0. The molecule has 0 radical (unpaired) electrons. The van der Waals surface area contributed by atoms with E-state index in [2.05, 4.69) is 21.2 Å². The fourth-order valence-electron chi connectivity index (χ4n) is 2.13. The predicted molar refractivity (Wildman–Crippen MR) is 80.6 cm³/mol. The van der Waals surface area contributed by atoms with E-state index in [1.54, 1.807) is 12.1 Å². The fraction of sp³-hybridized carbons (Fsp3) is 0.250. The molecule has 0 saturated carbocycles. The normalized spacial score (nSPS) is 12.4. The Morgan fingerprint density at radius 1 is 1.10 bits per heavy atom. The SMILES string of the molecule is CCCNC(c1ccc(F)c(Br)c1)c1cccc(F)c1F. The van der Waals surface area contributed by atoms with Gasteiger partial charge in [-0.2, -0.15) is 0 Å². The van der Waals surface area contributed by atoms with Crippen molar-refractivity contribution in [3.63, 3.8) is 0 Å². The van der Waals surface area contributed by atoms with Gasteiger partial charge in [-0.3, -0.25) is 0 Å². The number of halogens is 4. The minimum atomic E-state index is -0.892. The third-order valence-corrected chi connectivity index (χ3v) is 3.78. The Labute approximate surface area is 130 Å². The molecular formula is C16H15BrF3N. The molecule has 0 amide bonds. The van der Waals surface area contributed by atoms with Gasteiger partial charge in [0.15, 0.2) is 11.6 Å². The van der Waals surface area contributed by atoms with Crippen LogP contribution in [-0.4, -0.2) is 6.54 Å². The summed E-state index contributed by atoms with van der Waals surface area (Å²) in [6.45, 7) is 2.61. The molecule has 1 atom stereocenters. The highest BCUT2D eigenvalue weighted by atomic mass is 79.9. The third kappa shape index (κ3) is 3.66. The highest BCUT2D eigenvalue weighted by Gasteiger charge is 2.20. The van der Waals surface area contributed by atoms with Crippen LogP contribution in [0, 0.1) is 17.5 Å². The van der Waals surface area contributed by atoms with Crippen molar-refractivity contribution < 1.29 is 13.2 Å². The molecule has 2 aromatic rings. The Hall–Kier alpha value is -1.33. The Bertz CT molecular complexity index is 631. The molecule has 0 saturated heterocycles. The maximum Gasteiger partial charge on any atom is 0.163 e. The zero-order valence-electron chi connectivity index (χ0n) is 11.5. The molecule has 0 aromatic heterocycles. The van der Waals surface area contributed by atoms with E-state index in [0.29, 0.717) is 16.6 Å². The van der Waals surface area contributed by atoms with E-state index in [1.807, 2.05) is 6.92 Å². The Kier molecular flexibility index (Phi) is 5.42. The lowest BCUT2D eigenvalue weighted by Gasteiger charge is -2.20. The second-order valence-electron chi connectivity index (χ2n) is 4.70. The van der Waals surface area contributed by atoms with E-state index < -0.39 is 23.5 Å². The van der Waals surface area contributed by atoms with E-state index in [9.17, 15) is 13.2 Å². The van der Waals surface area contributed by atoms with Gasteiger partial charge in [0.1, 0.15) is 5.82 Å². The van der Waals surface area contributed by atoms with Crippen molar-refractivity contribution in [3.8, 4) is 0 Å². The maximum atomic E-state index is 14.0. The average Bonchev–Trinajstić information content (AvgIpc) is 2.47. The van der Waals surface area contributed by atoms with Crippen molar-refractivity contribution in [2.45, 2.75) is 19.4 Å². The van der Waals surface area contributed by atoms with Crippen molar-refractivity contribution in [3.05, 3.63) is 69.4 Å². The first-order chi connectivity index (χ1) is 10.0. The van der Waals surface area contributed by atoms with Gasteiger partial charge < -0.3 is 5.32 Å². The minimum absolute atomic E-state index is 0.210. The Morgan fingerprint density at radius 3 is 2.52 bits per heavy atom. The average molecular weight is 358 g/mol. The number of rotatable bonds is 5. The summed E-state index contributed by atoms with van der Waals surface area (Å²) in [6, 6.07) is 7.99. The highest BCUT2D eigenvalue weighted by Crippen LogP contribution is 2.28. The molecule has 21 heavy (non-hydrogen) atoms. The maximum absolute atomic E-state index is 14.0. The summed E-state index contributed by atoms with van der Waals surface area (Å²) >= 11 is 3.12. The van der Waals surface area contributed by atoms with Crippen LogP contribution in [0.25, 0.3) is 0 Å². The highest BCUT2D eigenvalue weighted by molar-refractivity contribution is 9.10. The number of nitrogens with one attached hydrogen (secondary N) is 1. The van der Waals surface area contributed by atoms with Crippen molar-refractivity contribution in [2.24, 2.45) is 0 Å². The van der Waals surface area contributed by atoms with E-state index in [1.165, 1.54) is 18.2 Å². The van der Waals surface area contributed by atoms with Gasteiger partial charge in [0.25, 0.3) is 0 Å². The summed E-state index contributed by atoms with van der Waals surface area (Å²) in [6.07, 6.45) is 0.843. The van der Waals surface area contributed by atoms with Gasteiger partial charge in [-0.15, -0.1) is 0 Å². The quantitative estimate of drug-likeness (QED) is 0.797. The van der Waals surface area contributed by atoms with Gasteiger partial charge in [0.2, 0.25) is 0 Å². The van der Waals surface area contributed by atoms with Crippen LogP contribution in [0.3, 0.4) is 0 Å². The lowest BCUT2D eigenvalue weighted by atomic mass is 9.97. The Morgan fingerprint density at radius 2 is 1.86 bits per heavy atom. The van der Waals surface area contributed by atoms with Crippen molar-refractivity contribution in [2.75, 3.05) is 6.54 Å². The lowest BCUT2D eigenvalue weighted by molar-refractivity contribution is 0.480. The summed E-state index contributed by atoms with van der Waals surface area (Å²) in [5.41, 5.74) is 0.878. The molecule has 0 fully saturated rings. The van der Waals surface area contributed by atoms with Crippen LogP contribution in [0.1, 0.15) is 30.5 Å². The zero-order chi connectivity index (χ0) is 15.4. The second kappa shape index (κ2) is 7.09. The molecule has 2 rings (SSSR count). The number of hydrogen-bond acceptors (Lipinski definition) is 1. The minimum Gasteiger partial charge on any atom is -0.306 e. The van der Waals surface area contributed by atoms with E-state index in [0.717, 1.165) is 12.5 Å². The smallest absolute Gasteiger partial charge is 0.163 e. The lowest BCUT2D eigenvalue weighted by Crippen LogP contribution is -2.24. The predicted octanol–water partition coefficient (Wildman–Crippen LogP) is 4.96.